The Kier molecular flexibility index (Phi) is 2.37. The summed E-state index contributed by atoms with van der Waals surface area (Å²) in [5, 5.41) is 25.2. The second-order valence-electron chi connectivity index (χ2n) is 5.35. The minimum absolute atomic E-state index is 0.00706. The average molecular weight is 273 g/mol. The van der Waals surface area contributed by atoms with E-state index in [1.165, 1.54) is 21.6 Å². The van der Waals surface area contributed by atoms with E-state index >= 15 is 0 Å². The van der Waals surface area contributed by atoms with Crippen LogP contribution in [0.15, 0.2) is 23.6 Å². The van der Waals surface area contributed by atoms with E-state index in [2.05, 4.69) is 16.8 Å². The standard InChI is InChI=1S/C15H15NO2S/c17-12-5-8-1-2-11-14(10(8)6-13(12)18)15-9(7-16-11)3-4-19-15/h3-6,11,14,16-18H,1-2,7H2/t11-,14-/m0/s1. The first-order chi connectivity index (χ1) is 9.24. The molecule has 19 heavy (non-hydrogen) atoms. The maximum atomic E-state index is 9.80. The van der Waals surface area contributed by atoms with Crippen LogP contribution < -0.4 is 5.32 Å². The van der Waals surface area contributed by atoms with Crippen molar-refractivity contribution in [3.63, 3.8) is 0 Å². The van der Waals surface area contributed by atoms with Gasteiger partial charge in [-0.3, -0.25) is 0 Å². The summed E-state index contributed by atoms with van der Waals surface area (Å²) in [6, 6.07) is 6.10. The summed E-state index contributed by atoms with van der Waals surface area (Å²) in [5.41, 5.74) is 3.70. The molecule has 0 amide bonds. The molecule has 4 heteroatoms. The minimum atomic E-state index is -0.0110. The first-order valence-corrected chi connectivity index (χ1v) is 7.46. The Balaban J connectivity index is 1.91. The summed E-state index contributed by atoms with van der Waals surface area (Å²) in [4.78, 5) is 1.41. The normalized spacial score (nSPS) is 24.4. The third-order valence-corrected chi connectivity index (χ3v) is 5.36. The number of fused-ring (bicyclic) bond motifs is 5. The predicted molar refractivity (Wildman–Crippen MR) is 74.9 cm³/mol. The zero-order chi connectivity index (χ0) is 13.0. The fraction of sp³-hybridized carbons (Fsp3) is 0.333. The Hall–Kier alpha value is -1.52. The van der Waals surface area contributed by atoms with E-state index in [0.717, 1.165) is 19.4 Å². The van der Waals surface area contributed by atoms with Gasteiger partial charge in [0.25, 0.3) is 0 Å². The molecule has 1 aliphatic heterocycles. The SMILES string of the molecule is Oc1cc2c(cc1O)[C@@H]1c3sccc3CN[C@H]1CC2. The Labute approximate surface area is 115 Å². The van der Waals surface area contributed by atoms with Gasteiger partial charge in [-0.15, -0.1) is 11.3 Å². The predicted octanol–water partition coefficient (Wildman–Crippen LogP) is 2.71. The minimum Gasteiger partial charge on any atom is -0.504 e. The van der Waals surface area contributed by atoms with Crippen molar-refractivity contribution in [3.8, 4) is 11.5 Å². The molecular formula is C15H15NO2S. The summed E-state index contributed by atoms with van der Waals surface area (Å²) in [6.07, 6.45) is 2.04. The molecule has 0 saturated heterocycles. The fourth-order valence-corrected chi connectivity index (χ4v) is 4.50. The number of phenolic OH excluding ortho intramolecular Hbond substituents is 2. The molecule has 0 unspecified atom stereocenters. The van der Waals surface area contributed by atoms with Crippen LogP contribution in [0.2, 0.25) is 0 Å². The molecule has 1 aromatic heterocycles. The number of phenols is 2. The van der Waals surface area contributed by atoms with Crippen LogP contribution in [0.3, 0.4) is 0 Å². The highest BCUT2D eigenvalue weighted by Crippen LogP contribution is 2.45. The van der Waals surface area contributed by atoms with Gasteiger partial charge in [-0.2, -0.15) is 0 Å². The molecular weight excluding hydrogens is 258 g/mol. The monoisotopic (exact) mass is 273 g/mol. The molecule has 0 saturated carbocycles. The van der Waals surface area contributed by atoms with Gasteiger partial charge >= 0.3 is 0 Å². The van der Waals surface area contributed by atoms with Gasteiger partial charge in [0.05, 0.1) is 0 Å². The van der Waals surface area contributed by atoms with Gasteiger partial charge in [0.2, 0.25) is 0 Å². The maximum Gasteiger partial charge on any atom is 0.157 e. The van der Waals surface area contributed by atoms with Crippen molar-refractivity contribution in [1.82, 2.24) is 5.32 Å². The number of aromatic hydroxyl groups is 2. The smallest absolute Gasteiger partial charge is 0.157 e. The summed E-state index contributed by atoms with van der Waals surface area (Å²) < 4.78 is 0. The number of thiophene rings is 1. The summed E-state index contributed by atoms with van der Waals surface area (Å²) in [7, 11) is 0. The van der Waals surface area contributed by atoms with Crippen molar-refractivity contribution in [3.05, 3.63) is 45.1 Å². The molecule has 1 aromatic carbocycles. The van der Waals surface area contributed by atoms with E-state index < -0.39 is 0 Å². The Morgan fingerprint density at radius 3 is 2.89 bits per heavy atom. The summed E-state index contributed by atoms with van der Waals surface area (Å²) >= 11 is 1.80. The van der Waals surface area contributed by atoms with E-state index in [4.69, 9.17) is 0 Å². The lowest BCUT2D eigenvalue weighted by Crippen LogP contribution is -2.41. The van der Waals surface area contributed by atoms with Crippen molar-refractivity contribution in [2.75, 3.05) is 0 Å². The lowest BCUT2D eigenvalue weighted by Gasteiger charge is -2.38. The third kappa shape index (κ3) is 1.60. The van der Waals surface area contributed by atoms with Crippen molar-refractivity contribution in [2.24, 2.45) is 0 Å². The van der Waals surface area contributed by atoms with Crippen LogP contribution in [0.4, 0.5) is 0 Å². The van der Waals surface area contributed by atoms with Gasteiger partial charge in [0.15, 0.2) is 11.5 Å². The Bertz CT molecular complexity index is 650. The quantitative estimate of drug-likeness (QED) is 0.647. The van der Waals surface area contributed by atoms with Gasteiger partial charge < -0.3 is 15.5 Å². The molecule has 0 radical (unpaired) electrons. The third-order valence-electron chi connectivity index (χ3n) is 4.32. The number of hydrogen-bond donors (Lipinski definition) is 3. The molecule has 1 aliphatic carbocycles. The number of rotatable bonds is 0. The lowest BCUT2D eigenvalue weighted by atomic mass is 9.75. The zero-order valence-corrected chi connectivity index (χ0v) is 11.2. The molecule has 2 aliphatic rings. The highest BCUT2D eigenvalue weighted by atomic mass is 32.1. The Morgan fingerprint density at radius 1 is 1.16 bits per heavy atom. The molecule has 3 N–H and O–H groups in total. The van der Waals surface area contributed by atoms with Crippen LogP contribution in [0, 0.1) is 0 Å². The van der Waals surface area contributed by atoms with Crippen LogP contribution in [0.1, 0.15) is 33.9 Å². The van der Waals surface area contributed by atoms with Crippen LogP contribution in [0.5, 0.6) is 11.5 Å². The molecule has 0 bridgehead atoms. The van der Waals surface area contributed by atoms with Crippen molar-refractivity contribution in [2.45, 2.75) is 31.3 Å². The first kappa shape index (κ1) is 11.3. The van der Waals surface area contributed by atoms with Crippen molar-refractivity contribution < 1.29 is 10.2 Å². The van der Waals surface area contributed by atoms with E-state index in [1.807, 2.05) is 0 Å². The summed E-state index contributed by atoms with van der Waals surface area (Å²) in [6.45, 7) is 0.944. The zero-order valence-electron chi connectivity index (χ0n) is 10.4. The average Bonchev–Trinajstić information content (AvgIpc) is 2.88. The van der Waals surface area contributed by atoms with Crippen LogP contribution in [0.25, 0.3) is 0 Å². The molecule has 0 spiro atoms. The van der Waals surface area contributed by atoms with Crippen molar-refractivity contribution >= 4 is 11.3 Å². The van der Waals surface area contributed by atoms with E-state index in [-0.39, 0.29) is 11.5 Å². The van der Waals surface area contributed by atoms with Crippen molar-refractivity contribution in [1.29, 1.82) is 0 Å². The van der Waals surface area contributed by atoms with Gasteiger partial charge in [-0.05, 0) is 53.1 Å². The van der Waals surface area contributed by atoms with Gasteiger partial charge in [-0.25, -0.2) is 0 Å². The number of aryl methyl sites for hydroxylation is 1. The van der Waals surface area contributed by atoms with E-state index in [1.54, 1.807) is 23.5 Å². The van der Waals surface area contributed by atoms with Gasteiger partial charge in [0, 0.05) is 23.4 Å². The van der Waals surface area contributed by atoms with Crippen LogP contribution in [-0.4, -0.2) is 16.3 Å². The number of hydrogen-bond acceptors (Lipinski definition) is 4. The highest BCUT2D eigenvalue weighted by Gasteiger charge is 2.36. The summed E-state index contributed by atoms with van der Waals surface area (Å²) in [5.74, 6) is 0.300. The molecule has 2 atom stereocenters. The second-order valence-corrected chi connectivity index (χ2v) is 6.30. The highest BCUT2D eigenvalue weighted by molar-refractivity contribution is 7.10. The second kappa shape index (κ2) is 3.99. The molecule has 4 rings (SSSR count). The van der Waals surface area contributed by atoms with Crippen LogP contribution in [-0.2, 0) is 13.0 Å². The van der Waals surface area contributed by atoms with E-state index in [9.17, 15) is 10.2 Å². The van der Waals surface area contributed by atoms with Gasteiger partial charge in [-0.1, -0.05) is 0 Å². The molecule has 3 nitrogen and oxygen atoms in total. The van der Waals surface area contributed by atoms with Crippen LogP contribution >= 0.6 is 11.3 Å². The molecule has 2 heterocycles. The number of nitrogens with one attached hydrogen (secondary N) is 1. The number of benzene rings is 1. The maximum absolute atomic E-state index is 9.80. The van der Waals surface area contributed by atoms with E-state index in [0.29, 0.717) is 12.0 Å². The Morgan fingerprint density at radius 2 is 2.00 bits per heavy atom. The largest absolute Gasteiger partial charge is 0.504 e. The molecule has 0 fully saturated rings. The first-order valence-electron chi connectivity index (χ1n) is 6.58. The van der Waals surface area contributed by atoms with Gasteiger partial charge in [0.1, 0.15) is 0 Å². The fourth-order valence-electron chi connectivity index (χ4n) is 3.39. The molecule has 98 valence electrons. The topological polar surface area (TPSA) is 52.5 Å². The molecule has 2 aromatic rings. The lowest BCUT2D eigenvalue weighted by molar-refractivity contribution is 0.383.